The topological polar surface area (TPSA) is 96.5 Å². The molecule has 0 aliphatic rings. The predicted octanol–water partition coefficient (Wildman–Crippen LogP) is 3.37. The van der Waals surface area contributed by atoms with E-state index in [4.69, 9.17) is 16.3 Å². The highest BCUT2D eigenvalue weighted by Gasteiger charge is 2.28. The summed E-state index contributed by atoms with van der Waals surface area (Å²) in [4.78, 5) is 37.1. The Balaban J connectivity index is 2.75. The Morgan fingerprint density at radius 2 is 1.59 bits per heavy atom. The Morgan fingerprint density at radius 1 is 0.966 bits per heavy atom. The molecule has 2 atom stereocenters. The molecule has 0 aromatic heterocycles. The van der Waals surface area contributed by atoms with E-state index >= 15 is 0 Å². The van der Waals surface area contributed by atoms with Crippen LogP contribution in [0.25, 0.3) is 0 Å². The van der Waals surface area contributed by atoms with Crippen LogP contribution in [-0.4, -0.2) is 42.6 Å². The van der Waals surface area contributed by atoms with Gasteiger partial charge < -0.3 is 20.7 Å². The molecule has 0 aliphatic heterocycles. The Bertz CT molecular complexity index is 707. The second-order valence-electron chi connectivity index (χ2n) is 7.87. The molecule has 0 saturated carbocycles. The maximum Gasteiger partial charge on any atom is 0.408 e. The molecule has 0 fully saturated rings. The summed E-state index contributed by atoms with van der Waals surface area (Å²) in [5, 5.41) is 8.71. The average Bonchev–Trinajstić information content (AvgIpc) is 2.61. The van der Waals surface area contributed by atoms with Crippen molar-refractivity contribution in [1.29, 1.82) is 0 Å². The number of hydrogen-bond acceptors (Lipinski definition) is 4. The number of ether oxygens (including phenoxy) is 1. The lowest BCUT2D eigenvalue weighted by Gasteiger charge is -2.28. The van der Waals surface area contributed by atoms with Gasteiger partial charge in [-0.05, 0) is 37.8 Å². The number of alkyl carbamates (subject to hydrolysis) is 1. The predicted molar refractivity (Wildman–Crippen MR) is 114 cm³/mol. The number of carbonyl (C=O) groups excluding carboxylic acids is 3. The van der Waals surface area contributed by atoms with Crippen molar-refractivity contribution >= 4 is 29.5 Å². The van der Waals surface area contributed by atoms with Crippen LogP contribution in [0, 0.1) is 11.8 Å². The molecule has 0 bridgehead atoms. The van der Waals surface area contributed by atoms with Gasteiger partial charge in [-0.25, -0.2) is 4.79 Å². The first-order valence-electron chi connectivity index (χ1n) is 9.83. The normalized spacial score (nSPS) is 13.2. The Kier molecular flexibility index (Phi) is 9.95. The maximum absolute atomic E-state index is 12.8. The van der Waals surface area contributed by atoms with Crippen molar-refractivity contribution < 1.29 is 19.1 Å². The average molecular weight is 426 g/mol. The molecule has 3 amide bonds. The van der Waals surface area contributed by atoms with Crippen LogP contribution >= 0.6 is 11.6 Å². The summed E-state index contributed by atoms with van der Waals surface area (Å²) < 4.78 is 5.07. The van der Waals surface area contributed by atoms with Gasteiger partial charge >= 0.3 is 6.09 Å². The SMILES string of the molecule is CC(C)OC(=O)N[C@H](C(=O)N[C@H](CNC(=O)c1ccccc1Cl)C(C)C)C(C)C. The molecular weight excluding hydrogens is 394 g/mol. The molecule has 0 spiro atoms. The van der Waals surface area contributed by atoms with Gasteiger partial charge in [0.1, 0.15) is 6.04 Å². The lowest BCUT2D eigenvalue weighted by atomic mass is 10.00. The Hall–Kier alpha value is -2.28. The number of nitrogens with one attached hydrogen (secondary N) is 3. The van der Waals surface area contributed by atoms with Gasteiger partial charge in [0, 0.05) is 12.6 Å². The Morgan fingerprint density at radius 3 is 2.10 bits per heavy atom. The van der Waals surface area contributed by atoms with Gasteiger partial charge in [-0.2, -0.15) is 0 Å². The van der Waals surface area contributed by atoms with Gasteiger partial charge in [0.25, 0.3) is 5.91 Å². The molecule has 3 N–H and O–H groups in total. The monoisotopic (exact) mass is 425 g/mol. The first-order chi connectivity index (χ1) is 13.5. The quantitative estimate of drug-likeness (QED) is 0.565. The summed E-state index contributed by atoms with van der Waals surface area (Å²) in [5.74, 6) is -0.720. The molecule has 0 heterocycles. The number of benzene rings is 1. The fourth-order valence-corrected chi connectivity index (χ4v) is 2.80. The molecule has 1 aromatic carbocycles. The first kappa shape index (κ1) is 24.8. The van der Waals surface area contributed by atoms with E-state index in [2.05, 4.69) is 16.0 Å². The van der Waals surface area contributed by atoms with Crippen molar-refractivity contribution in [3.05, 3.63) is 34.9 Å². The summed E-state index contributed by atoms with van der Waals surface area (Å²) in [5.41, 5.74) is 0.376. The van der Waals surface area contributed by atoms with Gasteiger partial charge in [-0.3, -0.25) is 9.59 Å². The second-order valence-corrected chi connectivity index (χ2v) is 8.28. The summed E-state index contributed by atoms with van der Waals surface area (Å²) in [6.45, 7) is 11.3. The van der Waals surface area contributed by atoms with Crippen molar-refractivity contribution in [2.24, 2.45) is 11.8 Å². The first-order valence-corrected chi connectivity index (χ1v) is 10.2. The molecule has 29 heavy (non-hydrogen) atoms. The number of halogens is 1. The van der Waals surface area contributed by atoms with Gasteiger partial charge in [-0.15, -0.1) is 0 Å². The maximum atomic E-state index is 12.8. The summed E-state index contributed by atoms with van der Waals surface area (Å²) in [7, 11) is 0. The van der Waals surface area contributed by atoms with Crippen LogP contribution in [0.1, 0.15) is 51.9 Å². The minimum Gasteiger partial charge on any atom is -0.447 e. The lowest BCUT2D eigenvalue weighted by Crippen LogP contribution is -2.55. The zero-order chi connectivity index (χ0) is 22.1. The van der Waals surface area contributed by atoms with E-state index in [1.54, 1.807) is 38.1 Å². The number of hydrogen-bond donors (Lipinski definition) is 3. The molecule has 162 valence electrons. The van der Waals surface area contributed by atoms with Gasteiger partial charge in [0.05, 0.1) is 16.7 Å². The van der Waals surface area contributed by atoms with E-state index in [1.165, 1.54) is 0 Å². The second kappa shape index (κ2) is 11.7. The Labute approximate surface area is 177 Å². The zero-order valence-electron chi connectivity index (χ0n) is 17.9. The van der Waals surface area contributed by atoms with E-state index in [1.807, 2.05) is 27.7 Å². The van der Waals surface area contributed by atoms with E-state index < -0.39 is 12.1 Å². The molecule has 0 radical (unpaired) electrons. The van der Waals surface area contributed by atoms with Crippen molar-refractivity contribution in [1.82, 2.24) is 16.0 Å². The molecular formula is C21H32ClN3O4. The highest BCUT2D eigenvalue weighted by atomic mass is 35.5. The minimum absolute atomic E-state index is 0.0564. The molecule has 0 aliphatic carbocycles. The molecule has 8 heteroatoms. The van der Waals surface area contributed by atoms with Crippen LogP contribution in [-0.2, 0) is 9.53 Å². The smallest absolute Gasteiger partial charge is 0.408 e. The van der Waals surface area contributed by atoms with Crippen LogP contribution in [0.2, 0.25) is 5.02 Å². The van der Waals surface area contributed by atoms with Gasteiger partial charge in [-0.1, -0.05) is 51.4 Å². The highest BCUT2D eigenvalue weighted by Crippen LogP contribution is 2.14. The largest absolute Gasteiger partial charge is 0.447 e. The number of rotatable bonds is 9. The summed E-state index contributed by atoms with van der Waals surface area (Å²) in [6, 6.07) is 5.70. The van der Waals surface area contributed by atoms with Gasteiger partial charge in [0.2, 0.25) is 5.91 Å². The number of amides is 3. The zero-order valence-corrected chi connectivity index (χ0v) is 18.7. The molecule has 1 rings (SSSR count). The van der Waals surface area contributed by atoms with Crippen LogP contribution in [0.4, 0.5) is 4.79 Å². The van der Waals surface area contributed by atoms with E-state index in [0.717, 1.165) is 0 Å². The molecule has 0 saturated heterocycles. The summed E-state index contributed by atoms with van der Waals surface area (Å²) in [6.07, 6.45) is -0.920. The van der Waals surface area contributed by atoms with Crippen LogP contribution in [0.5, 0.6) is 0 Å². The molecule has 0 unspecified atom stereocenters. The molecule has 7 nitrogen and oxygen atoms in total. The third-order valence-electron chi connectivity index (χ3n) is 4.30. The fourth-order valence-electron chi connectivity index (χ4n) is 2.58. The van der Waals surface area contributed by atoms with Crippen LogP contribution in [0.15, 0.2) is 24.3 Å². The summed E-state index contributed by atoms with van der Waals surface area (Å²) >= 11 is 6.06. The third-order valence-corrected chi connectivity index (χ3v) is 4.63. The van der Waals surface area contributed by atoms with Crippen molar-refractivity contribution in [2.45, 2.75) is 59.7 Å². The van der Waals surface area contributed by atoms with E-state index in [9.17, 15) is 14.4 Å². The molecule has 1 aromatic rings. The van der Waals surface area contributed by atoms with Crippen molar-refractivity contribution in [2.75, 3.05) is 6.54 Å². The lowest BCUT2D eigenvalue weighted by molar-refractivity contribution is -0.125. The van der Waals surface area contributed by atoms with E-state index in [-0.39, 0.29) is 42.3 Å². The van der Waals surface area contributed by atoms with Gasteiger partial charge in [0.15, 0.2) is 0 Å². The third kappa shape index (κ3) is 8.31. The fraction of sp³-hybridized carbons (Fsp3) is 0.571. The van der Waals surface area contributed by atoms with Crippen molar-refractivity contribution in [3.63, 3.8) is 0 Å². The number of carbonyl (C=O) groups is 3. The van der Waals surface area contributed by atoms with Crippen LogP contribution < -0.4 is 16.0 Å². The van der Waals surface area contributed by atoms with Crippen molar-refractivity contribution in [3.8, 4) is 0 Å². The van der Waals surface area contributed by atoms with Crippen LogP contribution in [0.3, 0.4) is 0 Å². The van der Waals surface area contributed by atoms with E-state index in [0.29, 0.717) is 10.6 Å². The standard InChI is InChI=1S/C21H32ClN3O4/c1-12(2)17(11-23-19(26)15-9-7-8-10-16(15)22)24-20(27)18(13(3)4)25-21(28)29-14(5)6/h7-10,12-14,17-18H,11H2,1-6H3,(H,23,26)(H,24,27)(H,25,28)/t17-,18+/m1/s1. The highest BCUT2D eigenvalue weighted by molar-refractivity contribution is 6.33. The minimum atomic E-state index is -0.748.